The third-order valence-corrected chi connectivity index (χ3v) is 6.84. The molecule has 2 amide bonds. The van der Waals surface area contributed by atoms with E-state index < -0.39 is 0 Å². The summed E-state index contributed by atoms with van der Waals surface area (Å²) in [6, 6.07) is 15.4. The Morgan fingerprint density at radius 2 is 1.88 bits per heavy atom. The maximum atomic E-state index is 13.5. The van der Waals surface area contributed by atoms with Crippen LogP contribution in [-0.4, -0.2) is 39.1 Å². The lowest BCUT2D eigenvalue weighted by Crippen LogP contribution is -2.50. The first-order chi connectivity index (χ1) is 15.6. The highest BCUT2D eigenvalue weighted by atomic mass is 16.2. The summed E-state index contributed by atoms with van der Waals surface area (Å²) < 4.78 is 1.71. The molecule has 32 heavy (non-hydrogen) atoms. The number of carbonyl (C=O) groups is 2. The summed E-state index contributed by atoms with van der Waals surface area (Å²) in [6.45, 7) is 2.64. The van der Waals surface area contributed by atoms with Gasteiger partial charge in [-0.25, -0.2) is 4.68 Å². The van der Waals surface area contributed by atoms with E-state index in [0.717, 1.165) is 37.1 Å². The van der Waals surface area contributed by atoms with Crippen LogP contribution in [0.5, 0.6) is 0 Å². The Morgan fingerprint density at radius 1 is 1.03 bits per heavy atom. The fourth-order valence-electron chi connectivity index (χ4n) is 5.09. The molecular formula is C26H28N4O2. The number of aromatic nitrogens is 2. The summed E-state index contributed by atoms with van der Waals surface area (Å²) in [5, 5.41) is 7.40. The molecule has 5 rings (SSSR count). The molecule has 2 aromatic carbocycles. The van der Waals surface area contributed by atoms with Gasteiger partial charge in [0.1, 0.15) is 0 Å². The molecule has 164 valence electrons. The van der Waals surface area contributed by atoms with Gasteiger partial charge in [-0.3, -0.25) is 9.59 Å². The van der Waals surface area contributed by atoms with E-state index in [2.05, 4.69) is 22.5 Å². The van der Waals surface area contributed by atoms with Crippen LogP contribution in [0.2, 0.25) is 0 Å². The normalized spacial score (nSPS) is 20.1. The highest BCUT2D eigenvalue weighted by molar-refractivity contribution is 5.99. The first-order valence-electron chi connectivity index (χ1n) is 11.4. The quantitative estimate of drug-likeness (QED) is 0.676. The lowest BCUT2D eigenvalue weighted by molar-refractivity contribution is -0.122. The van der Waals surface area contributed by atoms with Gasteiger partial charge in [0, 0.05) is 30.7 Å². The summed E-state index contributed by atoms with van der Waals surface area (Å²) in [6.07, 6.45) is 8.51. The number of hydrogen-bond acceptors (Lipinski definition) is 3. The number of piperidine rings is 1. The van der Waals surface area contributed by atoms with E-state index in [1.165, 1.54) is 17.5 Å². The minimum Gasteiger partial charge on any atom is -0.335 e. The third-order valence-electron chi connectivity index (χ3n) is 6.84. The predicted octanol–water partition coefficient (Wildman–Crippen LogP) is 4.24. The summed E-state index contributed by atoms with van der Waals surface area (Å²) in [5.74, 6) is -0.301. The number of aryl methyl sites for hydroxylation is 2. The molecule has 1 saturated heterocycles. The maximum Gasteiger partial charge on any atom is 0.256 e. The topological polar surface area (TPSA) is 67.2 Å². The SMILES string of the molecule is C[C@H]1[C@@H](C(=O)Nc2ccc3c(c2)CCC3)CCCN1C(=O)c1ccccc1-n1cccn1. The molecule has 1 aliphatic heterocycles. The highest BCUT2D eigenvalue weighted by Crippen LogP contribution is 2.29. The zero-order chi connectivity index (χ0) is 22.1. The Balaban J connectivity index is 1.34. The molecule has 1 aliphatic carbocycles. The van der Waals surface area contributed by atoms with Gasteiger partial charge in [0.25, 0.3) is 5.91 Å². The van der Waals surface area contributed by atoms with E-state index in [-0.39, 0.29) is 23.8 Å². The summed E-state index contributed by atoms with van der Waals surface area (Å²) in [5.41, 5.74) is 4.94. The minimum atomic E-state index is -0.238. The van der Waals surface area contributed by atoms with Crippen molar-refractivity contribution in [3.63, 3.8) is 0 Å². The molecule has 0 spiro atoms. The van der Waals surface area contributed by atoms with E-state index in [4.69, 9.17) is 0 Å². The fraction of sp³-hybridized carbons (Fsp3) is 0.346. The number of nitrogens with one attached hydrogen (secondary N) is 1. The van der Waals surface area contributed by atoms with Crippen molar-refractivity contribution in [1.29, 1.82) is 0 Å². The van der Waals surface area contributed by atoms with Crippen molar-refractivity contribution >= 4 is 17.5 Å². The van der Waals surface area contributed by atoms with E-state index in [1.807, 2.05) is 54.4 Å². The fourth-order valence-corrected chi connectivity index (χ4v) is 5.09. The van der Waals surface area contributed by atoms with Crippen LogP contribution in [-0.2, 0) is 17.6 Å². The molecule has 1 N–H and O–H groups in total. The zero-order valence-electron chi connectivity index (χ0n) is 18.3. The van der Waals surface area contributed by atoms with Gasteiger partial charge in [0.15, 0.2) is 0 Å². The van der Waals surface area contributed by atoms with Crippen LogP contribution in [0.25, 0.3) is 5.69 Å². The number of nitrogens with zero attached hydrogens (tertiary/aromatic N) is 3. The van der Waals surface area contributed by atoms with Gasteiger partial charge in [-0.15, -0.1) is 0 Å². The van der Waals surface area contributed by atoms with E-state index >= 15 is 0 Å². The molecule has 3 aromatic rings. The van der Waals surface area contributed by atoms with E-state index in [1.54, 1.807) is 10.9 Å². The van der Waals surface area contributed by atoms with Gasteiger partial charge in [-0.05, 0) is 80.5 Å². The van der Waals surface area contributed by atoms with Crippen LogP contribution in [0.3, 0.4) is 0 Å². The molecule has 1 fully saturated rings. The molecular weight excluding hydrogens is 400 g/mol. The number of anilines is 1. The van der Waals surface area contributed by atoms with Crippen molar-refractivity contribution in [3.8, 4) is 5.69 Å². The largest absolute Gasteiger partial charge is 0.335 e. The van der Waals surface area contributed by atoms with Crippen molar-refractivity contribution < 1.29 is 9.59 Å². The lowest BCUT2D eigenvalue weighted by Gasteiger charge is -2.39. The summed E-state index contributed by atoms with van der Waals surface area (Å²) >= 11 is 0. The van der Waals surface area contributed by atoms with Gasteiger partial charge >= 0.3 is 0 Å². The first kappa shape index (κ1) is 20.5. The average Bonchev–Trinajstić information content (AvgIpc) is 3.50. The molecule has 2 atom stereocenters. The number of rotatable bonds is 4. The van der Waals surface area contributed by atoms with Gasteiger partial charge < -0.3 is 10.2 Å². The summed E-state index contributed by atoms with van der Waals surface area (Å²) in [7, 11) is 0. The summed E-state index contributed by atoms with van der Waals surface area (Å²) in [4.78, 5) is 28.6. The minimum absolute atomic E-state index is 0.00620. The van der Waals surface area contributed by atoms with Crippen molar-refractivity contribution in [2.45, 2.75) is 45.1 Å². The third kappa shape index (κ3) is 3.81. The van der Waals surface area contributed by atoms with Gasteiger partial charge in [0.05, 0.1) is 17.2 Å². The van der Waals surface area contributed by atoms with E-state index in [9.17, 15) is 9.59 Å². The predicted molar refractivity (Wildman–Crippen MR) is 124 cm³/mol. The molecule has 6 nitrogen and oxygen atoms in total. The molecule has 6 heteroatoms. The second kappa shape index (κ2) is 8.61. The number of fused-ring (bicyclic) bond motifs is 1. The molecule has 0 unspecified atom stereocenters. The van der Waals surface area contributed by atoms with Crippen molar-refractivity contribution in [2.24, 2.45) is 5.92 Å². The maximum absolute atomic E-state index is 13.5. The van der Waals surface area contributed by atoms with Crippen LogP contribution in [0.4, 0.5) is 5.69 Å². The molecule has 0 bridgehead atoms. The van der Waals surface area contributed by atoms with Crippen molar-refractivity contribution in [3.05, 3.63) is 77.6 Å². The Labute approximate surface area is 188 Å². The highest BCUT2D eigenvalue weighted by Gasteiger charge is 2.36. The molecule has 0 saturated carbocycles. The second-order valence-electron chi connectivity index (χ2n) is 8.78. The molecule has 2 heterocycles. The average molecular weight is 429 g/mol. The van der Waals surface area contributed by atoms with Gasteiger partial charge in [-0.1, -0.05) is 18.2 Å². The Bertz CT molecular complexity index is 1140. The van der Waals surface area contributed by atoms with Crippen LogP contribution >= 0.6 is 0 Å². The number of amides is 2. The van der Waals surface area contributed by atoms with Crippen molar-refractivity contribution in [1.82, 2.24) is 14.7 Å². The molecule has 0 radical (unpaired) electrons. The zero-order valence-corrected chi connectivity index (χ0v) is 18.3. The van der Waals surface area contributed by atoms with Crippen LogP contribution in [0.15, 0.2) is 60.9 Å². The number of benzene rings is 2. The lowest BCUT2D eigenvalue weighted by atomic mass is 9.88. The standard InChI is InChI=1S/C26H28N4O2/c1-18-22(25(31)28-21-13-12-19-7-4-8-20(19)17-21)10-5-15-29(18)26(32)23-9-2-3-11-24(23)30-16-6-14-27-30/h2-3,6,9,11-14,16-18,22H,4-5,7-8,10,15H2,1H3,(H,28,31)/t18-,22-/m0/s1. The van der Waals surface area contributed by atoms with Gasteiger partial charge in [0.2, 0.25) is 5.91 Å². The second-order valence-corrected chi connectivity index (χ2v) is 8.78. The molecule has 1 aromatic heterocycles. The Hall–Kier alpha value is -3.41. The van der Waals surface area contributed by atoms with Crippen LogP contribution in [0, 0.1) is 5.92 Å². The monoisotopic (exact) mass is 428 g/mol. The number of likely N-dealkylation sites (tertiary alicyclic amines) is 1. The number of carbonyl (C=O) groups excluding carboxylic acids is 2. The van der Waals surface area contributed by atoms with Crippen LogP contribution in [0.1, 0.15) is 47.7 Å². The van der Waals surface area contributed by atoms with Crippen LogP contribution < -0.4 is 5.32 Å². The smallest absolute Gasteiger partial charge is 0.256 e. The first-order valence-corrected chi connectivity index (χ1v) is 11.4. The Kier molecular flexibility index (Phi) is 5.52. The van der Waals surface area contributed by atoms with E-state index in [0.29, 0.717) is 12.1 Å². The Morgan fingerprint density at radius 3 is 2.72 bits per heavy atom. The number of para-hydroxylation sites is 1. The van der Waals surface area contributed by atoms with Gasteiger partial charge in [-0.2, -0.15) is 5.10 Å². The number of hydrogen-bond donors (Lipinski definition) is 1. The van der Waals surface area contributed by atoms with Crippen molar-refractivity contribution in [2.75, 3.05) is 11.9 Å². The molecule has 2 aliphatic rings.